The maximum Gasteiger partial charge on any atom is 0.222 e. The van der Waals surface area contributed by atoms with Crippen molar-refractivity contribution in [2.24, 2.45) is 0 Å². The first-order chi connectivity index (χ1) is 17.2. The van der Waals surface area contributed by atoms with Gasteiger partial charge in [0, 0.05) is 11.8 Å². The first-order valence-electron chi connectivity index (χ1n) is 12.7. The second-order valence-electron chi connectivity index (χ2n) is 9.39. The van der Waals surface area contributed by atoms with Gasteiger partial charge in [-0.3, -0.25) is 4.79 Å². The van der Waals surface area contributed by atoms with E-state index in [1.165, 1.54) is 25.7 Å². The molecular weight excluding hydrogens is 546 g/mol. The molecule has 2 fully saturated rings. The van der Waals surface area contributed by atoms with E-state index in [4.69, 9.17) is 14.2 Å². The molecule has 0 aromatic rings. The Hall–Kier alpha value is -0.450. The number of hydrogen-bond acceptors (Lipinski definition) is 11. The highest BCUT2D eigenvalue weighted by atomic mass is 79.9. The van der Waals surface area contributed by atoms with Gasteiger partial charge in [0.15, 0.2) is 12.5 Å². The number of carbonyl (C=O) groups excluding carboxylic acids is 1. The van der Waals surface area contributed by atoms with Gasteiger partial charge in [-0.15, -0.1) is 0 Å². The summed E-state index contributed by atoms with van der Waals surface area (Å²) >= 11 is 3.42. The summed E-state index contributed by atoms with van der Waals surface area (Å²) in [4.78, 5) is 12.3. The van der Waals surface area contributed by atoms with E-state index in [9.17, 15) is 40.5 Å². The van der Waals surface area contributed by atoms with Gasteiger partial charge >= 0.3 is 0 Å². The maximum absolute atomic E-state index is 12.3. The molecule has 0 aromatic carbocycles. The monoisotopic (exact) mass is 587 g/mol. The van der Waals surface area contributed by atoms with E-state index in [0.717, 1.165) is 24.6 Å². The second kappa shape index (κ2) is 16.5. The molecule has 0 saturated carbocycles. The molecule has 2 heterocycles. The van der Waals surface area contributed by atoms with Gasteiger partial charge in [0.05, 0.1) is 13.2 Å². The van der Waals surface area contributed by atoms with Gasteiger partial charge in [-0.2, -0.15) is 0 Å². The average molecular weight is 588 g/mol. The van der Waals surface area contributed by atoms with Crippen LogP contribution in [0.2, 0.25) is 0 Å². The number of alkyl halides is 1. The van der Waals surface area contributed by atoms with Crippen LogP contribution in [0.25, 0.3) is 0 Å². The van der Waals surface area contributed by atoms with Gasteiger partial charge in [0.25, 0.3) is 0 Å². The highest BCUT2D eigenvalue weighted by Gasteiger charge is 2.50. The van der Waals surface area contributed by atoms with Crippen LogP contribution in [0, 0.1) is 0 Å². The summed E-state index contributed by atoms with van der Waals surface area (Å²) in [7, 11) is 0. The van der Waals surface area contributed by atoms with Crippen LogP contribution in [-0.4, -0.2) is 122 Å². The van der Waals surface area contributed by atoms with Crippen LogP contribution in [0.15, 0.2) is 0 Å². The average Bonchev–Trinajstić information content (AvgIpc) is 2.87. The van der Waals surface area contributed by atoms with Crippen LogP contribution in [0.1, 0.15) is 57.8 Å². The van der Waals surface area contributed by atoms with Gasteiger partial charge in [-0.25, -0.2) is 0 Å². The minimum absolute atomic E-state index is 0.223. The molecule has 36 heavy (non-hydrogen) atoms. The summed E-state index contributed by atoms with van der Waals surface area (Å²) in [6.07, 6.45) is -6.34. The zero-order valence-electron chi connectivity index (χ0n) is 20.4. The lowest BCUT2D eigenvalue weighted by atomic mass is 9.96. The Bertz CT molecular complexity index is 629. The maximum atomic E-state index is 12.3. The van der Waals surface area contributed by atoms with Crippen molar-refractivity contribution in [3.05, 3.63) is 0 Å². The Balaban J connectivity index is 1.81. The van der Waals surface area contributed by atoms with Gasteiger partial charge in [0.1, 0.15) is 48.8 Å². The van der Waals surface area contributed by atoms with Gasteiger partial charge in [-0.1, -0.05) is 54.5 Å². The van der Waals surface area contributed by atoms with Crippen molar-refractivity contribution in [1.29, 1.82) is 0 Å². The van der Waals surface area contributed by atoms with Crippen molar-refractivity contribution < 1.29 is 54.8 Å². The molecule has 13 heteroatoms. The fourth-order valence-electron chi connectivity index (χ4n) is 4.38. The lowest BCUT2D eigenvalue weighted by Gasteiger charge is -2.46. The fourth-order valence-corrected chi connectivity index (χ4v) is 4.78. The molecule has 1 amide bonds. The number of aliphatic hydroxyl groups is 7. The summed E-state index contributed by atoms with van der Waals surface area (Å²) in [5, 5.41) is 73.7. The Labute approximate surface area is 219 Å². The van der Waals surface area contributed by atoms with Gasteiger partial charge in [0.2, 0.25) is 5.91 Å². The molecule has 10 atom stereocenters. The van der Waals surface area contributed by atoms with Crippen molar-refractivity contribution in [2.45, 2.75) is 119 Å². The quantitative estimate of drug-likeness (QED) is 0.0830. The van der Waals surface area contributed by atoms with Crippen LogP contribution in [0.3, 0.4) is 0 Å². The molecule has 4 unspecified atom stereocenters. The number of amides is 1. The molecule has 0 aliphatic carbocycles. The predicted molar refractivity (Wildman–Crippen MR) is 130 cm³/mol. The second-order valence-corrected chi connectivity index (χ2v) is 10.2. The summed E-state index contributed by atoms with van der Waals surface area (Å²) in [5.41, 5.74) is 0. The van der Waals surface area contributed by atoms with Crippen molar-refractivity contribution in [1.82, 2.24) is 5.32 Å². The Morgan fingerprint density at radius 2 is 1.31 bits per heavy atom. The first-order valence-corrected chi connectivity index (χ1v) is 13.8. The van der Waals surface area contributed by atoms with E-state index in [-0.39, 0.29) is 12.3 Å². The minimum Gasteiger partial charge on any atom is -0.394 e. The largest absolute Gasteiger partial charge is 0.394 e. The Morgan fingerprint density at radius 3 is 1.89 bits per heavy atom. The third kappa shape index (κ3) is 9.09. The number of ether oxygens (including phenoxy) is 3. The van der Waals surface area contributed by atoms with Crippen molar-refractivity contribution in [2.75, 3.05) is 18.5 Å². The van der Waals surface area contributed by atoms with Crippen LogP contribution in [0.5, 0.6) is 0 Å². The molecule has 0 aromatic heterocycles. The zero-order chi connectivity index (χ0) is 26.7. The standard InChI is InChI=1S/C23H42BrNO11/c24-10-8-6-4-2-1-3-5-7-9-15(28)25-22-19(32)18(31)21(14(12-27)34-22)36-23-20(33)17(30)16(29)13(11-26)35-23/h13-14,16-23,26-27,29-33H,1-12H2,(H,25,28)/t13?,14?,16-,17-,18+,19?,20?,21+,22+,23-/m0/s1. The highest BCUT2D eigenvalue weighted by Crippen LogP contribution is 2.28. The lowest BCUT2D eigenvalue weighted by Crippen LogP contribution is -2.66. The predicted octanol–water partition coefficient (Wildman–Crippen LogP) is -1.37. The molecule has 2 aliphatic heterocycles. The van der Waals surface area contributed by atoms with Crippen LogP contribution < -0.4 is 5.32 Å². The molecule has 0 spiro atoms. The van der Waals surface area contributed by atoms with Crippen LogP contribution in [-0.2, 0) is 19.0 Å². The third-order valence-electron chi connectivity index (χ3n) is 6.59. The van der Waals surface area contributed by atoms with E-state index in [2.05, 4.69) is 21.2 Å². The van der Waals surface area contributed by atoms with E-state index >= 15 is 0 Å². The molecule has 212 valence electrons. The van der Waals surface area contributed by atoms with Crippen LogP contribution >= 0.6 is 15.9 Å². The third-order valence-corrected chi connectivity index (χ3v) is 7.16. The molecule has 8 N–H and O–H groups in total. The summed E-state index contributed by atoms with van der Waals surface area (Å²) in [5.74, 6) is -0.367. The molecule has 0 radical (unpaired) electrons. The molecule has 2 aliphatic rings. The molecule has 2 saturated heterocycles. The number of hydrogen-bond donors (Lipinski definition) is 8. The molecule has 2 rings (SSSR count). The number of aliphatic hydroxyl groups excluding tert-OH is 7. The normalized spacial score (nSPS) is 37.1. The number of unbranched alkanes of at least 4 members (excludes halogenated alkanes) is 7. The van der Waals surface area contributed by atoms with Gasteiger partial charge in [-0.05, 0) is 12.8 Å². The highest BCUT2D eigenvalue weighted by molar-refractivity contribution is 9.09. The number of nitrogens with one attached hydrogen (secondary N) is 1. The van der Waals surface area contributed by atoms with Crippen molar-refractivity contribution in [3.8, 4) is 0 Å². The van der Waals surface area contributed by atoms with Crippen molar-refractivity contribution >= 4 is 21.8 Å². The van der Waals surface area contributed by atoms with E-state index in [0.29, 0.717) is 6.42 Å². The number of halogens is 1. The Morgan fingerprint density at radius 1 is 0.722 bits per heavy atom. The topological polar surface area (TPSA) is 198 Å². The Kier molecular flexibility index (Phi) is 14.6. The van der Waals surface area contributed by atoms with E-state index < -0.39 is 74.6 Å². The number of carbonyl (C=O) groups is 1. The SMILES string of the molecule is O=C(CCCCCCCCCCBr)N[C@@H]1OC(CO)[C@@H](O[C@@H]2OC(CO)[C@H](O)[C@H](O)C2O)[C@H](O)C1O. The summed E-state index contributed by atoms with van der Waals surface area (Å²) < 4.78 is 16.3. The summed E-state index contributed by atoms with van der Waals surface area (Å²) in [6, 6.07) is 0. The van der Waals surface area contributed by atoms with Crippen LogP contribution in [0.4, 0.5) is 0 Å². The fraction of sp³-hybridized carbons (Fsp3) is 0.957. The van der Waals surface area contributed by atoms with E-state index in [1.54, 1.807) is 0 Å². The molecular formula is C23H42BrNO11. The zero-order valence-corrected chi connectivity index (χ0v) is 22.0. The summed E-state index contributed by atoms with van der Waals surface area (Å²) in [6.45, 7) is -1.33. The van der Waals surface area contributed by atoms with E-state index in [1.807, 2.05) is 0 Å². The van der Waals surface area contributed by atoms with Gasteiger partial charge < -0.3 is 55.3 Å². The lowest BCUT2D eigenvalue weighted by molar-refractivity contribution is -0.343. The number of rotatable bonds is 15. The smallest absolute Gasteiger partial charge is 0.222 e. The van der Waals surface area contributed by atoms with Crippen molar-refractivity contribution in [3.63, 3.8) is 0 Å². The molecule has 12 nitrogen and oxygen atoms in total. The first kappa shape index (κ1) is 31.8. The minimum atomic E-state index is -1.74. The molecule has 0 bridgehead atoms.